The molecule has 3 aliphatic rings. The Balaban J connectivity index is 1.28. The summed E-state index contributed by atoms with van der Waals surface area (Å²) in [7, 11) is 0. The molecule has 6 rings (SSSR count). The summed E-state index contributed by atoms with van der Waals surface area (Å²) in [5.41, 5.74) is 1.30. The molecule has 2 bridgehead atoms. The van der Waals surface area contributed by atoms with Gasteiger partial charge in [-0.05, 0) is 31.9 Å². The Bertz CT molecular complexity index is 1250. The Hall–Kier alpha value is -2.23. The summed E-state index contributed by atoms with van der Waals surface area (Å²) in [5, 5.41) is 19.3. The van der Waals surface area contributed by atoms with Crippen molar-refractivity contribution in [2.24, 2.45) is 11.8 Å². The normalized spacial score (nSPS) is 30.1. The van der Waals surface area contributed by atoms with Gasteiger partial charge in [0.1, 0.15) is 6.04 Å². The highest BCUT2D eigenvalue weighted by Crippen LogP contribution is 2.53. The number of nitrogens with zero attached hydrogens (tertiary/aromatic N) is 5. The van der Waals surface area contributed by atoms with Crippen molar-refractivity contribution >= 4 is 51.4 Å². The first-order chi connectivity index (χ1) is 15.6. The predicted molar refractivity (Wildman–Crippen MR) is 123 cm³/mol. The number of anilines is 3. The van der Waals surface area contributed by atoms with Gasteiger partial charge in [-0.15, -0.1) is 0 Å². The SMILES string of the molecule is CC1(O)[C@@H]2CC[C@H]1CN(c1cc3nc(Nc4cnn(C5CC5(F)F)c4Cl)ncc3cc1Cl)C2. The Morgan fingerprint density at radius 1 is 1.15 bits per heavy atom. The molecule has 1 saturated heterocycles. The lowest BCUT2D eigenvalue weighted by Gasteiger charge is -2.43. The highest BCUT2D eigenvalue weighted by Gasteiger charge is 2.59. The van der Waals surface area contributed by atoms with Crippen LogP contribution in [0.4, 0.5) is 26.1 Å². The summed E-state index contributed by atoms with van der Waals surface area (Å²) < 4.78 is 27.9. The molecule has 0 radical (unpaired) electrons. The van der Waals surface area contributed by atoms with Gasteiger partial charge in [0.25, 0.3) is 5.92 Å². The van der Waals surface area contributed by atoms with Gasteiger partial charge in [-0.2, -0.15) is 5.10 Å². The van der Waals surface area contributed by atoms with Gasteiger partial charge in [-0.1, -0.05) is 23.2 Å². The number of hydrogen-bond donors (Lipinski definition) is 2. The molecule has 1 aromatic carbocycles. The van der Waals surface area contributed by atoms with E-state index < -0.39 is 17.6 Å². The molecule has 174 valence electrons. The Morgan fingerprint density at radius 3 is 2.52 bits per heavy atom. The molecular formula is C22H22Cl2F2N6O. The molecule has 7 nitrogen and oxygen atoms in total. The summed E-state index contributed by atoms with van der Waals surface area (Å²) >= 11 is 12.9. The van der Waals surface area contributed by atoms with Crippen LogP contribution < -0.4 is 10.2 Å². The van der Waals surface area contributed by atoms with Crippen molar-refractivity contribution in [3.63, 3.8) is 0 Å². The van der Waals surface area contributed by atoms with Gasteiger partial charge in [-0.25, -0.2) is 23.4 Å². The number of halogens is 4. The summed E-state index contributed by atoms with van der Waals surface area (Å²) in [6.45, 7) is 3.43. The maximum absolute atomic E-state index is 13.4. The zero-order valence-corrected chi connectivity index (χ0v) is 19.3. The minimum atomic E-state index is -2.77. The van der Waals surface area contributed by atoms with Crippen LogP contribution in [-0.4, -0.2) is 49.5 Å². The number of aromatic nitrogens is 4. The van der Waals surface area contributed by atoms with Crippen LogP contribution in [0.5, 0.6) is 0 Å². The fraction of sp³-hybridized carbons (Fsp3) is 0.500. The minimum Gasteiger partial charge on any atom is -0.389 e. The van der Waals surface area contributed by atoms with Crippen LogP contribution in [0.1, 0.15) is 32.2 Å². The number of aliphatic hydroxyl groups is 1. The van der Waals surface area contributed by atoms with E-state index in [1.54, 1.807) is 6.20 Å². The van der Waals surface area contributed by atoms with E-state index in [0.717, 1.165) is 41.7 Å². The first kappa shape index (κ1) is 21.3. The number of benzene rings is 1. The van der Waals surface area contributed by atoms with Crippen LogP contribution >= 0.6 is 23.2 Å². The van der Waals surface area contributed by atoms with Gasteiger partial charge in [0.05, 0.1) is 33.7 Å². The second-order valence-electron chi connectivity index (χ2n) is 9.56. The zero-order chi connectivity index (χ0) is 23.1. The van der Waals surface area contributed by atoms with Gasteiger partial charge in [-0.3, -0.25) is 0 Å². The van der Waals surface area contributed by atoms with Crippen molar-refractivity contribution in [2.75, 3.05) is 23.3 Å². The van der Waals surface area contributed by atoms with Gasteiger partial charge in [0, 0.05) is 42.9 Å². The summed E-state index contributed by atoms with van der Waals surface area (Å²) in [6.07, 6.45) is 4.80. The Kier molecular flexibility index (Phi) is 4.61. The van der Waals surface area contributed by atoms with E-state index in [9.17, 15) is 13.9 Å². The number of fused-ring (bicyclic) bond motifs is 3. The van der Waals surface area contributed by atoms with Crippen molar-refractivity contribution in [2.45, 2.75) is 43.8 Å². The average molecular weight is 495 g/mol. The molecule has 2 saturated carbocycles. The maximum Gasteiger partial charge on any atom is 0.272 e. The third kappa shape index (κ3) is 3.43. The number of piperidine rings is 1. The standard InChI is InChI=1S/C22H22Cl2F2N6O/c1-21(33)12-2-3-13(21)10-31(9-12)17-5-15-11(4-14(17)23)7-27-20(29-15)30-16-8-28-32(19(16)24)18-6-22(18,25)26/h4-5,7-8,12-13,18,33H,2-3,6,9-10H2,1H3,(H,27,29,30)/t12-,13+,18?,21?. The van der Waals surface area contributed by atoms with E-state index in [1.807, 2.05) is 19.1 Å². The van der Waals surface area contributed by atoms with Crippen LogP contribution in [0, 0.1) is 11.8 Å². The van der Waals surface area contributed by atoms with Crippen molar-refractivity contribution in [3.8, 4) is 0 Å². The molecule has 3 fully saturated rings. The molecule has 3 aromatic rings. The van der Waals surface area contributed by atoms with E-state index >= 15 is 0 Å². The summed E-state index contributed by atoms with van der Waals surface area (Å²) in [4.78, 5) is 11.1. The smallest absolute Gasteiger partial charge is 0.272 e. The van der Waals surface area contributed by atoms with Crippen molar-refractivity contribution in [1.82, 2.24) is 19.7 Å². The second kappa shape index (κ2) is 7.13. The number of nitrogens with one attached hydrogen (secondary N) is 1. The fourth-order valence-electron chi connectivity index (χ4n) is 5.25. The van der Waals surface area contributed by atoms with Crippen molar-refractivity contribution in [3.05, 3.63) is 34.7 Å². The first-order valence-electron chi connectivity index (χ1n) is 10.9. The highest BCUT2D eigenvalue weighted by atomic mass is 35.5. The minimum absolute atomic E-state index is 0.0912. The molecule has 1 aliphatic heterocycles. The molecule has 33 heavy (non-hydrogen) atoms. The van der Waals surface area contributed by atoms with E-state index in [4.69, 9.17) is 23.2 Å². The van der Waals surface area contributed by atoms with Crippen LogP contribution in [0.15, 0.2) is 24.5 Å². The van der Waals surface area contributed by atoms with Gasteiger partial charge in [0.15, 0.2) is 5.15 Å². The lowest BCUT2D eigenvalue weighted by Crippen LogP contribution is -2.52. The molecule has 2 aromatic heterocycles. The van der Waals surface area contributed by atoms with Crippen molar-refractivity contribution in [1.29, 1.82) is 0 Å². The second-order valence-corrected chi connectivity index (χ2v) is 10.3. The van der Waals surface area contributed by atoms with E-state index in [-0.39, 0.29) is 29.4 Å². The fourth-order valence-corrected chi connectivity index (χ4v) is 5.80. The molecule has 2 N–H and O–H groups in total. The van der Waals surface area contributed by atoms with Gasteiger partial charge >= 0.3 is 0 Å². The van der Waals surface area contributed by atoms with Crippen LogP contribution in [0.2, 0.25) is 10.2 Å². The molecule has 11 heteroatoms. The Labute approximate surface area is 198 Å². The first-order valence-corrected chi connectivity index (χ1v) is 11.7. The maximum atomic E-state index is 13.4. The third-order valence-electron chi connectivity index (χ3n) is 7.46. The lowest BCUT2D eigenvalue weighted by molar-refractivity contribution is -0.0271. The molecule has 2 aliphatic carbocycles. The van der Waals surface area contributed by atoms with E-state index in [2.05, 4.69) is 25.3 Å². The molecule has 0 amide bonds. The average Bonchev–Trinajstić information content (AvgIpc) is 3.24. The lowest BCUT2D eigenvalue weighted by atomic mass is 9.82. The zero-order valence-electron chi connectivity index (χ0n) is 17.8. The monoisotopic (exact) mass is 494 g/mol. The van der Waals surface area contributed by atoms with Crippen molar-refractivity contribution < 1.29 is 13.9 Å². The highest BCUT2D eigenvalue weighted by molar-refractivity contribution is 6.34. The Morgan fingerprint density at radius 2 is 1.85 bits per heavy atom. The molecule has 0 spiro atoms. The van der Waals surface area contributed by atoms with Gasteiger partial charge < -0.3 is 15.3 Å². The van der Waals surface area contributed by atoms with E-state index in [1.165, 1.54) is 6.20 Å². The van der Waals surface area contributed by atoms with E-state index in [0.29, 0.717) is 16.2 Å². The molecule has 3 heterocycles. The summed E-state index contributed by atoms with van der Waals surface area (Å²) in [6, 6.07) is 2.76. The van der Waals surface area contributed by atoms with Crippen LogP contribution in [0.25, 0.3) is 10.9 Å². The topological polar surface area (TPSA) is 79.1 Å². The van der Waals surface area contributed by atoms with Crippen LogP contribution in [-0.2, 0) is 0 Å². The number of hydrogen-bond acceptors (Lipinski definition) is 6. The van der Waals surface area contributed by atoms with Gasteiger partial charge in [0.2, 0.25) is 5.95 Å². The third-order valence-corrected chi connectivity index (χ3v) is 8.14. The quantitative estimate of drug-likeness (QED) is 0.527. The number of alkyl halides is 2. The largest absolute Gasteiger partial charge is 0.389 e. The number of rotatable bonds is 4. The molecule has 2 unspecified atom stereocenters. The van der Waals surface area contributed by atoms with Crippen LogP contribution in [0.3, 0.4) is 0 Å². The molecule has 4 atom stereocenters. The predicted octanol–water partition coefficient (Wildman–Crippen LogP) is 5.05. The summed E-state index contributed by atoms with van der Waals surface area (Å²) in [5.74, 6) is -2.07. The molecular weight excluding hydrogens is 473 g/mol.